The number of ether oxygens (including phenoxy) is 1. The Labute approximate surface area is 129 Å². The normalized spacial score (nSPS) is 20.0. The van der Waals surface area contributed by atoms with Crippen LogP contribution in [0.4, 0.5) is 11.5 Å². The minimum Gasteiger partial charge on any atom is -0.370 e. The van der Waals surface area contributed by atoms with E-state index in [2.05, 4.69) is 15.3 Å². The molecule has 0 aromatic carbocycles. The molecule has 1 amide bonds. The van der Waals surface area contributed by atoms with Gasteiger partial charge in [-0.15, -0.1) is 0 Å². The van der Waals surface area contributed by atoms with Crippen LogP contribution in [0.15, 0.2) is 0 Å². The van der Waals surface area contributed by atoms with Crippen LogP contribution in [0.3, 0.4) is 0 Å². The third-order valence-electron chi connectivity index (χ3n) is 3.30. The number of rotatable bonds is 2. The highest BCUT2D eigenvalue weighted by Crippen LogP contribution is 2.33. The molecule has 2 rings (SSSR count). The highest BCUT2D eigenvalue weighted by atomic mass is 35.5. The average Bonchev–Trinajstić information content (AvgIpc) is 2.28. The van der Waals surface area contributed by atoms with Crippen molar-refractivity contribution in [1.82, 2.24) is 9.97 Å². The van der Waals surface area contributed by atoms with Crippen molar-refractivity contribution in [2.45, 2.75) is 52.4 Å². The summed E-state index contributed by atoms with van der Waals surface area (Å²) >= 11 is 5.92. The monoisotopic (exact) mass is 312 g/mol. The SMILES string of the molecule is Cc1nc(Cl)nc2c1NC(=O)[C@H]([C@H](C)OC(C)(C)C)N2C. The Kier molecular flexibility index (Phi) is 4.13. The minimum absolute atomic E-state index is 0.129. The number of hydrogen-bond acceptors (Lipinski definition) is 5. The van der Waals surface area contributed by atoms with Crippen LogP contribution in [0.25, 0.3) is 0 Å². The maximum absolute atomic E-state index is 12.4. The zero-order valence-electron chi connectivity index (χ0n) is 13.2. The van der Waals surface area contributed by atoms with Crippen molar-refractivity contribution in [3.8, 4) is 0 Å². The molecule has 1 aliphatic heterocycles. The molecule has 21 heavy (non-hydrogen) atoms. The van der Waals surface area contributed by atoms with E-state index in [1.54, 1.807) is 11.8 Å². The van der Waals surface area contributed by atoms with E-state index < -0.39 is 6.04 Å². The van der Waals surface area contributed by atoms with Crippen LogP contribution >= 0.6 is 11.6 Å². The zero-order valence-corrected chi connectivity index (χ0v) is 13.9. The fourth-order valence-corrected chi connectivity index (χ4v) is 2.79. The molecule has 0 fully saturated rings. The molecular weight excluding hydrogens is 292 g/mol. The van der Waals surface area contributed by atoms with Crippen LogP contribution in [-0.2, 0) is 9.53 Å². The van der Waals surface area contributed by atoms with E-state index in [9.17, 15) is 4.79 Å². The molecule has 0 radical (unpaired) electrons. The maximum Gasteiger partial charge on any atom is 0.249 e. The van der Waals surface area contributed by atoms with Gasteiger partial charge < -0.3 is 15.0 Å². The Morgan fingerprint density at radius 3 is 2.57 bits per heavy atom. The average molecular weight is 313 g/mol. The lowest BCUT2D eigenvalue weighted by molar-refractivity contribution is -0.124. The smallest absolute Gasteiger partial charge is 0.249 e. The summed E-state index contributed by atoms with van der Waals surface area (Å²) in [4.78, 5) is 22.5. The summed E-state index contributed by atoms with van der Waals surface area (Å²) < 4.78 is 5.91. The molecule has 0 bridgehead atoms. The van der Waals surface area contributed by atoms with Gasteiger partial charge in [-0.25, -0.2) is 4.98 Å². The number of hydrogen-bond donors (Lipinski definition) is 1. The van der Waals surface area contributed by atoms with Crippen molar-refractivity contribution >= 4 is 29.0 Å². The second-order valence-corrected chi connectivity index (χ2v) is 6.60. The molecule has 1 aliphatic rings. The van der Waals surface area contributed by atoms with E-state index in [1.807, 2.05) is 34.7 Å². The number of aryl methyl sites for hydroxylation is 1. The van der Waals surface area contributed by atoms with Gasteiger partial charge in [0.05, 0.1) is 17.4 Å². The van der Waals surface area contributed by atoms with E-state index in [1.165, 1.54) is 0 Å². The van der Waals surface area contributed by atoms with Gasteiger partial charge in [0.1, 0.15) is 11.7 Å². The fourth-order valence-electron chi connectivity index (χ4n) is 2.58. The number of fused-ring (bicyclic) bond motifs is 1. The Morgan fingerprint density at radius 1 is 1.38 bits per heavy atom. The molecule has 2 heterocycles. The van der Waals surface area contributed by atoms with Gasteiger partial charge in [0, 0.05) is 7.05 Å². The van der Waals surface area contributed by atoms with Gasteiger partial charge in [0.2, 0.25) is 11.2 Å². The number of carbonyl (C=O) groups excluding carboxylic acids is 1. The molecule has 1 aromatic heterocycles. The lowest BCUT2D eigenvalue weighted by Gasteiger charge is -2.39. The second-order valence-electron chi connectivity index (χ2n) is 6.26. The predicted octanol–water partition coefficient (Wildman–Crippen LogP) is 2.40. The third kappa shape index (κ3) is 3.27. The standard InChI is InChI=1S/C14H21ClN4O2/c1-7-9-11(18-13(15)16-7)19(6)10(12(20)17-9)8(2)21-14(3,4)5/h8,10H,1-6H3,(H,17,20)/t8-,10-/m0/s1. The highest BCUT2D eigenvalue weighted by molar-refractivity contribution is 6.28. The Hall–Kier alpha value is -1.40. The van der Waals surface area contributed by atoms with Gasteiger partial charge in [-0.1, -0.05) is 0 Å². The zero-order chi connectivity index (χ0) is 15.9. The molecule has 2 atom stereocenters. The number of amides is 1. The highest BCUT2D eigenvalue weighted by Gasteiger charge is 2.38. The summed E-state index contributed by atoms with van der Waals surface area (Å²) in [7, 11) is 1.81. The molecule has 0 saturated carbocycles. The van der Waals surface area contributed by atoms with E-state index in [4.69, 9.17) is 16.3 Å². The van der Waals surface area contributed by atoms with Crippen LogP contribution in [0, 0.1) is 6.92 Å². The van der Waals surface area contributed by atoms with Crippen molar-refractivity contribution in [1.29, 1.82) is 0 Å². The van der Waals surface area contributed by atoms with Crippen molar-refractivity contribution in [2.75, 3.05) is 17.3 Å². The van der Waals surface area contributed by atoms with Gasteiger partial charge in [0.15, 0.2) is 5.82 Å². The van der Waals surface area contributed by atoms with Gasteiger partial charge in [-0.05, 0) is 46.2 Å². The number of aromatic nitrogens is 2. The lowest BCUT2D eigenvalue weighted by atomic mass is 10.1. The van der Waals surface area contributed by atoms with Gasteiger partial charge in [-0.3, -0.25) is 4.79 Å². The maximum atomic E-state index is 12.4. The van der Waals surface area contributed by atoms with Crippen LogP contribution in [0.5, 0.6) is 0 Å². The van der Waals surface area contributed by atoms with E-state index in [0.29, 0.717) is 17.2 Å². The number of halogens is 1. The van der Waals surface area contributed by atoms with Crippen molar-refractivity contribution < 1.29 is 9.53 Å². The quantitative estimate of drug-likeness (QED) is 0.849. The molecule has 7 heteroatoms. The molecule has 0 saturated heterocycles. The summed E-state index contributed by atoms with van der Waals surface area (Å²) in [6.45, 7) is 9.55. The summed E-state index contributed by atoms with van der Waals surface area (Å²) in [5.41, 5.74) is 0.916. The second kappa shape index (κ2) is 5.42. The van der Waals surface area contributed by atoms with Gasteiger partial charge >= 0.3 is 0 Å². The molecule has 6 nitrogen and oxygen atoms in total. The minimum atomic E-state index is -0.470. The third-order valence-corrected chi connectivity index (χ3v) is 3.46. The van der Waals surface area contributed by atoms with Crippen molar-refractivity contribution in [3.05, 3.63) is 11.0 Å². The number of likely N-dealkylation sites (N-methyl/N-ethyl adjacent to an activating group) is 1. The van der Waals surface area contributed by atoms with E-state index >= 15 is 0 Å². The first-order chi connectivity index (χ1) is 9.60. The first-order valence-corrected chi connectivity index (χ1v) is 7.23. The van der Waals surface area contributed by atoms with Gasteiger partial charge in [0.25, 0.3) is 0 Å². The van der Waals surface area contributed by atoms with Crippen LogP contribution < -0.4 is 10.2 Å². The molecule has 116 valence electrons. The van der Waals surface area contributed by atoms with Gasteiger partial charge in [-0.2, -0.15) is 4.98 Å². The van der Waals surface area contributed by atoms with E-state index in [0.717, 1.165) is 0 Å². The Bertz CT molecular complexity index is 571. The molecule has 0 spiro atoms. The number of carbonyl (C=O) groups is 1. The van der Waals surface area contributed by atoms with Crippen LogP contribution in [-0.4, -0.2) is 40.7 Å². The first-order valence-electron chi connectivity index (χ1n) is 6.86. The number of nitrogens with one attached hydrogen (secondary N) is 1. The summed E-state index contributed by atoms with van der Waals surface area (Å²) in [5, 5.41) is 3.02. The Morgan fingerprint density at radius 2 is 2.00 bits per heavy atom. The van der Waals surface area contributed by atoms with Crippen molar-refractivity contribution in [2.24, 2.45) is 0 Å². The first kappa shape index (κ1) is 16.0. The molecule has 0 aliphatic carbocycles. The molecular formula is C14H21ClN4O2. The number of anilines is 2. The summed E-state index contributed by atoms with van der Waals surface area (Å²) in [6, 6.07) is -0.470. The largest absolute Gasteiger partial charge is 0.370 e. The summed E-state index contributed by atoms with van der Waals surface area (Å²) in [6.07, 6.45) is -0.294. The molecule has 1 aromatic rings. The fraction of sp³-hybridized carbons (Fsp3) is 0.643. The van der Waals surface area contributed by atoms with E-state index in [-0.39, 0.29) is 22.9 Å². The number of nitrogens with zero attached hydrogens (tertiary/aromatic N) is 3. The lowest BCUT2D eigenvalue weighted by Crippen LogP contribution is -2.54. The van der Waals surface area contributed by atoms with Crippen molar-refractivity contribution in [3.63, 3.8) is 0 Å². The molecule has 1 N–H and O–H groups in total. The summed E-state index contributed by atoms with van der Waals surface area (Å²) in [5.74, 6) is 0.484. The Balaban J connectivity index is 2.37. The molecule has 0 unspecified atom stereocenters. The van der Waals surface area contributed by atoms with Crippen LogP contribution in [0.2, 0.25) is 5.28 Å². The predicted molar refractivity (Wildman–Crippen MR) is 82.9 cm³/mol. The topological polar surface area (TPSA) is 67.3 Å². The van der Waals surface area contributed by atoms with Crippen LogP contribution in [0.1, 0.15) is 33.4 Å².